The Morgan fingerprint density at radius 2 is 1.61 bits per heavy atom. The van der Waals surface area contributed by atoms with Crippen molar-refractivity contribution in [3.05, 3.63) is 53.1 Å². The van der Waals surface area contributed by atoms with E-state index in [0.717, 1.165) is 11.6 Å². The van der Waals surface area contributed by atoms with Gasteiger partial charge in [-0.25, -0.2) is 8.78 Å². The highest BCUT2D eigenvalue weighted by Crippen LogP contribution is 2.26. The molecule has 0 aromatic heterocycles. The van der Waals surface area contributed by atoms with Crippen molar-refractivity contribution in [1.82, 2.24) is 0 Å². The van der Waals surface area contributed by atoms with E-state index in [2.05, 4.69) is 5.32 Å². The SMILES string of the molecule is Cc1cc(F)c(Nc2ccc(N)cc2C)cc1F. The number of nitrogens with one attached hydrogen (secondary N) is 1. The second kappa shape index (κ2) is 4.64. The van der Waals surface area contributed by atoms with E-state index in [9.17, 15) is 8.78 Å². The molecule has 0 aliphatic heterocycles. The van der Waals surface area contributed by atoms with Gasteiger partial charge in [0.25, 0.3) is 0 Å². The summed E-state index contributed by atoms with van der Waals surface area (Å²) in [5.74, 6) is -0.919. The summed E-state index contributed by atoms with van der Waals surface area (Å²) in [6.45, 7) is 3.37. The minimum atomic E-state index is -0.481. The van der Waals surface area contributed by atoms with Crippen LogP contribution in [0.25, 0.3) is 0 Å². The molecule has 94 valence electrons. The first-order valence-corrected chi connectivity index (χ1v) is 5.56. The van der Waals surface area contributed by atoms with Crippen LogP contribution in [0.2, 0.25) is 0 Å². The highest BCUT2D eigenvalue weighted by Gasteiger charge is 2.08. The quantitative estimate of drug-likeness (QED) is 0.791. The summed E-state index contributed by atoms with van der Waals surface area (Å²) in [5.41, 5.74) is 8.24. The second-order valence-corrected chi connectivity index (χ2v) is 4.28. The second-order valence-electron chi connectivity index (χ2n) is 4.28. The summed E-state index contributed by atoms with van der Waals surface area (Å²) in [7, 11) is 0. The molecule has 18 heavy (non-hydrogen) atoms. The number of hydrogen-bond donors (Lipinski definition) is 2. The van der Waals surface area contributed by atoms with Gasteiger partial charge in [-0.3, -0.25) is 0 Å². The normalized spacial score (nSPS) is 10.4. The van der Waals surface area contributed by atoms with Gasteiger partial charge in [-0.1, -0.05) is 0 Å². The summed E-state index contributed by atoms with van der Waals surface area (Å²) < 4.78 is 27.1. The summed E-state index contributed by atoms with van der Waals surface area (Å²) in [6, 6.07) is 7.54. The predicted molar refractivity (Wildman–Crippen MR) is 70.0 cm³/mol. The van der Waals surface area contributed by atoms with Crippen molar-refractivity contribution in [2.45, 2.75) is 13.8 Å². The summed E-state index contributed by atoms with van der Waals surface area (Å²) in [6.07, 6.45) is 0. The maximum atomic E-state index is 13.7. The summed E-state index contributed by atoms with van der Waals surface area (Å²) in [5, 5.41) is 2.87. The lowest BCUT2D eigenvalue weighted by molar-refractivity contribution is 0.595. The average Bonchev–Trinajstić information content (AvgIpc) is 2.29. The molecule has 0 radical (unpaired) electrons. The van der Waals surface area contributed by atoms with Crippen LogP contribution in [0.15, 0.2) is 30.3 Å². The number of anilines is 3. The number of benzene rings is 2. The molecule has 4 heteroatoms. The maximum absolute atomic E-state index is 13.7. The number of nitrogen functional groups attached to an aromatic ring is 1. The van der Waals surface area contributed by atoms with Gasteiger partial charge in [-0.15, -0.1) is 0 Å². The number of hydrogen-bond acceptors (Lipinski definition) is 2. The van der Waals surface area contributed by atoms with Crippen LogP contribution in [-0.4, -0.2) is 0 Å². The third kappa shape index (κ3) is 2.42. The number of nitrogens with two attached hydrogens (primary N) is 1. The molecule has 0 saturated carbocycles. The zero-order valence-corrected chi connectivity index (χ0v) is 10.2. The molecule has 2 rings (SSSR count). The summed E-state index contributed by atoms with van der Waals surface area (Å²) in [4.78, 5) is 0. The van der Waals surface area contributed by atoms with Crippen LogP contribution in [0.3, 0.4) is 0 Å². The maximum Gasteiger partial charge on any atom is 0.147 e. The largest absolute Gasteiger partial charge is 0.399 e. The van der Waals surface area contributed by atoms with Crippen LogP contribution in [-0.2, 0) is 0 Å². The minimum absolute atomic E-state index is 0.117. The fraction of sp³-hybridized carbons (Fsp3) is 0.143. The first-order valence-electron chi connectivity index (χ1n) is 5.56. The third-order valence-corrected chi connectivity index (χ3v) is 2.77. The first-order chi connectivity index (χ1) is 8.47. The van der Waals surface area contributed by atoms with Crippen molar-refractivity contribution in [2.75, 3.05) is 11.1 Å². The van der Waals surface area contributed by atoms with Gasteiger partial charge in [0.1, 0.15) is 11.6 Å². The average molecular weight is 248 g/mol. The molecule has 0 saturated heterocycles. The summed E-state index contributed by atoms with van der Waals surface area (Å²) >= 11 is 0. The van der Waals surface area contributed by atoms with Crippen molar-refractivity contribution >= 4 is 17.1 Å². The number of aryl methyl sites for hydroxylation is 2. The first kappa shape index (κ1) is 12.4. The van der Waals surface area contributed by atoms with Gasteiger partial charge in [0.05, 0.1) is 5.69 Å². The van der Waals surface area contributed by atoms with Crippen LogP contribution in [0.4, 0.5) is 25.8 Å². The standard InChI is InChI=1S/C14H14F2N2/c1-8-6-12(16)14(7-11(8)15)18-13-4-3-10(17)5-9(13)2/h3-7,18H,17H2,1-2H3. The Bertz CT molecular complexity index is 595. The monoisotopic (exact) mass is 248 g/mol. The molecular weight excluding hydrogens is 234 g/mol. The fourth-order valence-electron chi connectivity index (χ4n) is 1.71. The Morgan fingerprint density at radius 3 is 2.28 bits per heavy atom. The molecule has 2 aromatic carbocycles. The van der Waals surface area contributed by atoms with Gasteiger partial charge in [-0.05, 0) is 49.2 Å². The molecule has 2 aromatic rings. The van der Waals surface area contributed by atoms with E-state index in [-0.39, 0.29) is 11.3 Å². The minimum Gasteiger partial charge on any atom is -0.399 e. The van der Waals surface area contributed by atoms with E-state index in [4.69, 9.17) is 5.73 Å². The van der Waals surface area contributed by atoms with Crippen molar-refractivity contribution < 1.29 is 8.78 Å². The highest BCUT2D eigenvalue weighted by molar-refractivity contribution is 5.66. The Hall–Kier alpha value is -2.10. The molecule has 0 aliphatic carbocycles. The molecular formula is C14H14F2N2. The number of rotatable bonds is 2. The Labute approximate surface area is 104 Å². The van der Waals surface area contributed by atoms with Crippen molar-refractivity contribution in [3.63, 3.8) is 0 Å². The van der Waals surface area contributed by atoms with E-state index in [0.29, 0.717) is 11.4 Å². The van der Waals surface area contributed by atoms with E-state index in [1.54, 1.807) is 18.2 Å². The third-order valence-electron chi connectivity index (χ3n) is 2.77. The highest BCUT2D eigenvalue weighted by atomic mass is 19.1. The molecule has 0 unspecified atom stereocenters. The van der Waals surface area contributed by atoms with Gasteiger partial charge < -0.3 is 11.1 Å². The zero-order valence-electron chi connectivity index (χ0n) is 10.2. The van der Waals surface area contributed by atoms with Gasteiger partial charge >= 0.3 is 0 Å². The van der Waals surface area contributed by atoms with Crippen LogP contribution in [0.1, 0.15) is 11.1 Å². The van der Waals surface area contributed by atoms with Crippen molar-refractivity contribution in [3.8, 4) is 0 Å². The van der Waals surface area contributed by atoms with Gasteiger partial charge in [0, 0.05) is 17.4 Å². The van der Waals surface area contributed by atoms with Gasteiger partial charge in [0.15, 0.2) is 0 Å². The Balaban J connectivity index is 2.37. The van der Waals surface area contributed by atoms with E-state index < -0.39 is 11.6 Å². The molecule has 0 spiro atoms. The van der Waals surface area contributed by atoms with Crippen LogP contribution in [0.5, 0.6) is 0 Å². The van der Waals surface area contributed by atoms with E-state index in [1.807, 2.05) is 6.92 Å². The lowest BCUT2D eigenvalue weighted by atomic mass is 10.1. The smallest absolute Gasteiger partial charge is 0.147 e. The molecule has 0 fully saturated rings. The lowest BCUT2D eigenvalue weighted by Crippen LogP contribution is -1.99. The molecule has 0 heterocycles. The number of halogens is 2. The molecule has 3 N–H and O–H groups in total. The zero-order chi connectivity index (χ0) is 13.3. The molecule has 0 bridgehead atoms. The van der Waals surface area contributed by atoms with Crippen LogP contribution in [0, 0.1) is 25.5 Å². The van der Waals surface area contributed by atoms with Crippen molar-refractivity contribution in [1.29, 1.82) is 0 Å². The molecule has 0 atom stereocenters. The van der Waals surface area contributed by atoms with Crippen LogP contribution >= 0.6 is 0 Å². The van der Waals surface area contributed by atoms with E-state index in [1.165, 1.54) is 13.0 Å². The molecule has 0 amide bonds. The predicted octanol–water partition coefficient (Wildman–Crippen LogP) is 3.91. The Morgan fingerprint density at radius 1 is 0.889 bits per heavy atom. The van der Waals surface area contributed by atoms with Crippen LogP contribution < -0.4 is 11.1 Å². The molecule has 2 nitrogen and oxygen atoms in total. The van der Waals surface area contributed by atoms with Crippen molar-refractivity contribution in [2.24, 2.45) is 0 Å². The molecule has 0 aliphatic rings. The lowest BCUT2D eigenvalue weighted by Gasteiger charge is -2.12. The van der Waals surface area contributed by atoms with E-state index >= 15 is 0 Å². The Kier molecular flexibility index (Phi) is 3.19. The fourth-order valence-corrected chi connectivity index (χ4v) is 1.71. The van der Waals surface area contributed by atoms with Gasteiger partial charge in [-0.2, -0.15) is 0 Å². The topological polar surface area (TPSA) is 38.0 Å². The van der Waals surface area contributed by atoms with Gasteiger partial charge in [0.2, 0.25) is 0 Å².